The summed E-state index contributed by atoms with van der Waals surface area (Å²) in [7, 11) is 0. The van der Waals surface area contributed by atoms with Crippen molar-refractivity contribution in [2.75, 3.05) is 0 Å². The molecule has 0 fully saturated rings. The molecule has 0 amide bonds. The van der Waals surface area contributed by atoms with E-state index < -0.39 is 0 Å². The first-order valence-corrected chi connectivity index (χ1v) is 9.63. The molecule has 0 bridgehead atoms. The van der Waals surface area contributed by atoms with Crippen LogP contribution >= 0.6 is 0 Å². The van der Waals surface area contributed by atoms with E-state index >= 15 is 0 Å². The Hall–Kier alpha value is -3.90. The van der Waals surface area contributed by atoms with Crippen molar-refractivity contribution in [1.29, 1.82) is 5.26 Å². The number of aromatic nitrogens is 2. The molecule has 0 saturated heterocycles. The molecular weight excluding hydrogens is 354 g/mol. The fraction of sp³-hybridized carbons (Fsp3) is 0.0769. The minimum absolute atomic E-state index is 0.610. The van der Waals surface area contributed by atoms with Crippen LogP contribution in [0.1, 0.15) is 16.7 Å². The van der Waals surface area contributed by atoms with Gasteiger partial charge in [0.1, 0.15) is 0 Å². The first kappa shape index (κ1) is 17.2. The summed E-state index contributed by atoms with van der Waals surface area (Å²) in [6.07, 6.45) is 1.70. The second-order valence-electron chi connectivity index (χ2n) is 7.44. The highest BCUT2D eigenvalue weighted by Crippen LogP contribution is 2.36. The highest BCUT2D eigenvalue weighted by atomic mass is 15.0. The number of hydrogen-bond acceptors (Lipinski definition) is 2. The van der Waals surface area contributed by atoms with Crippen LogP contribution in [0, 0.1) is 25.2 Å². The zero-order chi connectivity index (χ0) is 20.0. The van der Waals surface area contributed by atoms with Crippen molar-refractivity contribution < 1.29 is 0 Å². The van der Waals surface area contributed by atoms with Gasteiger partial charge in [0.2, 0.25) is 0 Å². The number of para-hydroxylation sites is 1. The van der Waals surface area contributed by atoms with Crippen LogP contribution in [0.5, 0.6) is 0 Å². The predicted molar refractivity (Wildman–Crippen MR) is 118 cm³/mol. The third-order valence-electron chi connectivity index (χ3n) is 5.39. The topological polar surface area (TPSA) is 41.6 Å². The fourth-order valence-electron chi connectivity index (χ4n) is 4.04. The van der Waals surface area contributed by atoms with Crippen LogP contribution in [-0.2, 0) is 0 Å². The van der Waals surface area contributed by atoms with E-state index in [4.69, 9.17) is 0 Å². The molecule has 5 rings (SSSR count). The van der Waals surface area contributed by atoms with E-state index in [2.05, 4.69) is 78.0 Å². The summed E-state index contributed by atoms with van der Waals surface area (Å²) in [5, 5.41) is 11.8. The van der Waals surface area contributed by atoms with Gasteiger partial charge in [-0.05, 0) is 56.3 Å². The number of pyridine rings is 1. The minimum atomic E-state index is 0.610. The molecule has 0 atom stereocenters. The van der Waals surface area contributed by atoms with E-state index in [0.29, 0.717) is 5.56 Å². The highest BCUT2D eigenvalue weighted by Gasteiger charge is 2.16. The minimum Gasteiger partial charge on any atom is -0.309 e. The standard InChI is InChI=1S/C26H19N3/c1-17-7-9-25-21(13-17)22-14-18(2)8-10-26(22)29(25)24-6-4-3-5-20(24)23-15-19(16-27)11-12-28-23/h3-15H,1-2H3. The van der Waals surface area contributed by atoms with Crippen LogP contribution in [-0.4, -0.2) is 9.55 Å². The lowest BCUT2D eigenvalue weighted by atomic mass is 10.1. The summed E-state index contributed by atoms with van der Waals surface area (Å²) in [6.45, 7) is 4.26. The second-order valence-corrected chi connectivity index (χ2v) is 7.44. The van der Waals surface area contributed by atoms with Crippen LogP contribution in [0.25, 0.3) is 38.8 Å². The molecule has 0 unspecified atom stereocenters. The van der Waals surface area contributed by atoms with Crippen molar-refractivity contribution in [3.8, 4) is 23.0 Å². The summed E-state index contributed by atoms with van der Waals surface area (Å²) in [5.74, 6) is 0. The van der Waals surface area contributed by atoms with Crippen LogP contribution in [0.15, 0.2) is 79.0 Å². The van der Waals surface area contributed by atoms with Crippen molar-refractivity contribution in [2.45, 2.75) is 13.8 Å². The van der Waals surface area contributed by atoms with Gasteiger partial charge in [0.15, 0.2) is 0 Å². The summed E-state index contributed by atoms with van der Waals surface area (Å²) >= 11 is 0. The molecule has 2 heterocycles. The van der Waals surface area contributed by atoms with Gasteiger partial charge in [-0.25, -0.2) is 0 Å². The number of aryl methyl sites for hydroxylation is 2. The largest absolute Gasteiger partial charge is 0.309 e. The molecule has 29 heavy (non-hydrogen) atoms. The monoisotopic (exact) mass is 373 g/mol. The maximum atomic E-state index is 9.31. The SMILES string of the molecule is Cc1ccc2c(c1)c1cc(C)ccc1n2-c1ccccc1-c1cc(C#N)ccn1. The maximum absolute atomic E-state index is 9.31. The average molecular weight is 373 g/mol. The molecule has 0 saturated carbocycles. The van der Waals surface area contributed by atoms with Gasteiger partial charge < -0.3 is 4.57 Å². The van der Waals surface area contributed by atoms with Crippen LogP contribution in [0.4, 0.5) is 0 Å². The van der Waals surface area contributed by atoms with E-state index in [1.54, 1.807) is 12.3 Å². The molecule has 3 nitrogen and oxygen atoms in total. The Morgan fingerprint density at radius 1 is 0.793 bits per heavy atom. The van der Waals surface area contributed by atoms with Gasteiger partial charge in [-0.1, -0.05) is 41.5 Å². The van der Waals surface area contributed by atoms with Crippen LogP contribution < -0.4 is 0 Å². The van der Waals surface area contributed by atoms with Gasteiger partial charge in [0.05, 0.1) is 34.0 Å². The lowest BCUT2D eigenvalue weighted by molar-refractivity contribution is 1.17. The molecule has 2 aromatic heterocycles. The predicted octanol–water partition coefficient (Wildman–Crippen LogP) is 6.33. The van der Waals surface area contributed by atoms with Crippen LogP contribution in [0.2, 0.25) is 0 Å². The Balaban J connectivity index is 1.89. The third kappa shape index (κ3) is 2.78. The van der Waals surface area contributed by atoms with Crippen molar-refractivity contribution >= 4 is 21.8 Å². The molecule has 3 aromatic carbocycles. The average Bonchev–Trinajstić information content (AvgIpc) is 3.06. The summed E-state index contributed by atoms with van der Waals surface area (Å²) in [6, 6.07) is 27.3. The Bertz CT molecular complexity index is 1370. The number of nitriles is 1. The van der Waals surface area contributed by atoms with Gasteiger partial charge in [-0.15, -0.1) is 0 Å². The summed E-state index contributed by atoms with van der Waals surface area (Å²) in [5.41, 5.74) is 8.30. The molecule has 3 heteroatoms. The second kappa shape index (κ2) is 6.61. The highest BCUT2D eigenvalue weighted by molar-refractivity contribution is 6.10. The zero-order valence-corrected chi connectivity index (χ0v) is 16.3. The maximum Gasteiger partial charge on any atom is 0.0992 e. The van der Waals surface area contributed by atoms with E-state index in [1.165, 1.54) is 32.9 Å². The molecule has 138 valence electrons. The number of benzene rings is 3. The van der Waals surface area contributed by atoms with Gasteiger partial charge in [-0.2, -0.15) is 5.26 Å². The molecule has 0 radical (unpaired) electrons. The van der Waals surface area contributed by atoms with E-state index in [9.17, 15) is 5.26 Å². The Kier molecular flexibility index (Phi) is 3.93. The quantitative estimate of drug-likeness (QED) is 0.362. The molecule has 0 aliphatic carbocycles. The molecule has 0 aliphatic heterocycles. The molecule has 0 spiro atoms. The number of hydrogen-bond donors (Lipinski definition) is 0. The number of rotatable bonds is 2. The number of fused-ring (bicyclic) bond motifs is 3. The smallest absolute Gasteiger partial charge is 0.0992 e. The first-order valence-electron chi connectivity index (χ1n) is 9.63. The molecular formula is C26H19N3. The van der Waals surface area contributed by atoms with Gasteiger partial charge in [-0.3, -0.25) is 4.98 Å². The van der Waals surface area contributed by atoms with Crippen molar-refractivity contribution in [3.63, 3.8) is 0 Å². The fourth-order valence-corrected chi connectivity index (χ4v) is 4.04. The summed E-state index contributed by atoms with van der Waals surface area (Å²) in [4.78, 5) is 4.55. The Morgan fingerprint density at radius 3 is 2.10 bits per heavy atom. The number of nitrogens with zero attached hydrogens (tertiary/aromatic N) is 3. The first-order chi connectivity index (χ1) is 14.2. The Morgan fingerprint density at radius 2 is 1.45 bits per heavy atom. The van der Waals surface area contributed by atoms with Gasteiger partial charge >= 0.3 is 0 Å². The van der Waals surface area contributed by atoms with E-state index in [0.717, 1.165) is 16.9 Å². The van der Waals surface area contributed by atoms with Crippen molar-refractivity contribution in [2.24, 2.45) is 0 Å². The third-order valence-corrected chi connectivity index (χ3v) is 5.39. The van der Waals surface area contributed by atoms with Crippen LogP contribution in [0.3, 0.4) is 0 Å². The van der Waals surface area contributed by atoms with Gasteiger partial charge in [0.25, 0.3) is 0 Å². The molecule has 0 N–H and O–H groups in total. The van der Waals surface area contributed by atoms with E-state index in [-0.39, 0.29) is 0 Å². The summed E-state index contributed by atoms with van der Waals surface area (Å²) < 4.78 is 2.31. The van der Waals surface area contributed by atoms with E-state index in [1.807, 2.05) is 18.2 Å². The van der Waals surface area contributed by atoms with Gasteiger partial charge in [0, 0.05) is 22.5 Å². The Labute approximate surface area is 169 Å². The zero-order valence-electron chi connectivity index (χ0n) is 16.3. The normalized spacial score (nSPS) is 11.1. The molecule has 0 aliphatic rings. The lowest BCUT2D eigenvalue weighted by Crippen LogP contribution is -1.98. The van der Waals surface area contributed by atoms with Crippen molar-refractivity contribution in [3.05, 3.63) is 95.7 Å². The van der Waals surface area contributed by atoms with Crippen molar-refractivity contribution in [1.82, 2.24) is 9.55 Å². The lowest BCUT2D eigenvalue weighted by Gasteiger charge is -2.13. The molecule has 5 aromatic rings.